The Balaban J connectivity index is 1.90. The zero-order valence-corrected chi connectivity index (χ0v) is 11.1. The molecule has 1 N–H and O–H groups in total. The lowest BCUT2D eigenvalue weighted by molar-refractivity contribution is -0.139. The summed E-state index contributed by atoms with van der Waals surface area (Å²) in [7, 11) is 0. The van der Waals surface area contributed by atoms with E-state index in [1.54, 1.807) is 0 Å². The fraction of sp³-hybridized carbons (Fsp3) is 0.312. The summed E-state index contributed by atoms with van der Waals surface area (Å²) < 4.78 is 39.1. The van der Waals surface area contributed by atoms with Crippen molar-refractivity contribution in [3.8, 4) is 0 Å². The Kier molecular flexibility index (Phi) is 3.45. The van der Waals surface area contributed by atoms with Gasteiger partial charge in [0.15, 0.2) is 0 Å². The molecule has 110 valence electrons. The van der Waals surface area contributed by atoms with Gasteiger partial charge < -0.3 is 5.11 Å². The first kappa shape index (κ1) is 14.1. The van der Waals surface area contributed by atoms with Crippen LogP contribution in [-0.2, 0) is 19.0 Å². The first-order valence-corrected chi connectivity index (χ1v) is 6.73. The highest BCUT2D eigenvalue weighted by Gasteiger charge is 2.38. The number of benzene rings is 1. The maximum atomic E-state index is 13.0. The number of rotatable bonds is 2. The number of aromatic nitrogens is 1. The molecule has 0 saturated heterocycles. The summed E-state index contributed by atoms with van der Waals surface area (Å²) in [6.45, 7) is 0. The Morgan fingerprint density at radius 3 is 2.29 bits per heavy atom. The minimum Gasteiger partial charge on any atom is -0.388 e. The van der Waals surface area contributed by atoms with E-state index in [4.69, 9.17) is 0 Å². The van der Waals surface area contributed by atoms with E-state index in [0.717, 1.165) is 29.6 Å². The van der Waals surface area contributed by atoms with E-state index in [9.17, 15) is 18.3 Å². The van der Waals surface area contributed by atoms with Crippen molar-refractivity contribution in [2.45, 2.75) is 25.1 Å². The molecule has 0 bridgehead atoms. The summed E-state index contributed by atoms with van der Waals surface area (Å²) in [5.41, 5.74) is 1.25. The van der Waals surface area contributed by atoms with Crippen molar-refractivity contribution in [2.75, 3.05) is 0 Å². The molecule has 1 heterocycles. The summed E-state index contributed by atoms with van der Waals surface area (Å²) in [6, 6.07) is 8.63. The maximum Gasteiger partial charge on any atom is 0.416 e. The second-order valence-electron chi connectivity index (χ2n) is 5.34. The number of halogens is 3. The molecule has 3 rings (SSSR count). The van der Waals surface area contributed by atoms with Crippen LogP contribution in [0.15, 0.2) is 42.7 Å². The van der Waals surface area contributed by atoms with Gasteiger partial charge in [0, 0.05) is 18.0 Å². The number of alkyl halides is 3. The maximum absolute atomic E-state index is 13.0. The topological polar surface area (TPSA) is 33.1 Å². The van der Waals surface area contributed by atoms with Gasteiger partial charge in [-0.25, -0.2) is 0 Å². The largest absolute Gasteiger partial charge is 0.416 e. The summed E-state index contributed by atoms with van der Waals surface area (Å²) >= 11 is 0. The molecule has 2 aromatic rings. The van der Waals surface area contributed by atoms with E-state index in [-0.39, 0.29) is 11.5 Å². The minimum absolute atomic E-state index is 0.136. The van der Waals surface area contributed by atoms with Crippen LogP contribution >= 0.6 is 0 Å². The first-order valence-electron chi connectivity index (χ1n) is 6.73. The number of nitrogens with zero attached hydrogens (tertiary/aromatic N) is 1. The average Bonchev–Trinajstić information content (AvgIpc) is 2.89. The predicted octanol–water partition coefficient (Wildman–Crippen LogP) is 3.55. The van der Waals surface area contributed by atoms with E-state index < -0.39 is 17.8 Å². The number of aliphatic hydroxyl groups excluding tert-OH is 1. The van der Waals surface area contributed by atoms with Gasteiger partial charge in [0.05, 0.1) is 11.7 Å². The van der Waals surface area contributed by atoms with Gasteiger partial charge in [0.25, 0.3) is 0 Å². The molecule has 5 heteroatoms. The molecule has 0 aliphatic heterocycles. The quantitative estimate of drug-likeness (QED) is 0.918. The Morgan fingerprint density at radius 1 is 1.10 bits per heavy atom. The van der Waals surface area contributed by atoms with Crippen LogP contribution in [-0.4, -0.2) is 10.1 Å². The number of hydrogen-bond acceptors (Lipinski definition) is 2. The van der Waals surface area contributed by atoms with Gasteiger partial charge in [0.1, 0.15) is 0 Å². The molecule has 1 aliphatic carbocycles. The highest BCUT2D eigenvalue weighted by molar-refractivity contribution is 5.35. The van der Waals surface area contributed by atoms with Crippen LogP contribution < -0.4 is 0 Å². The van der Waals surface area contributed by atoms with Crippen LogP contribution in [0.3, 0.4) is 0 Å². The monoisotopic (exact) mass is 293 g/mol. The van der Waals surface area contributed by atoms with E-state index in [1.807, 2.05) is 24.3 Å². The van der Waals surface area contributed by atoms with Crippen LogP contribution in [0.4, 0.5) is 13.2 Å². The lowest BCUT2D eigenvalue weighted by Crippen LogP contribution is -2.18. The Hall–Kier alpha value is -1.88. The van der Waals surface area contributed by atoms with E-state index >= 15 is 0 Å². The lowest BCUT2D eigenvalue weighted by atomic mass is 9.91. The van der Waals surface area contributed by atoms with Gasteiger partial charge in [-0.15, -0.1) is 0 Å². The highest BCUT2D eigenvalue weighted by Crippen LogP contribution is 2.40. The molecule has 1 unspecified atom stereocenters. The van der Waals surface area contributed by atoms with Crippen molar-refractivity contribution in [1.29, 1.82) is 0 Å². The van der Waals surface area contributed by atoms with Gasteiger partial charge in [-0.1, -0.05) is 24.3 Å². The SMILES string of the molecule is OC(c1cnccc1C(F)(F)F)C1Cc2ccccc2C1. The third kappa shape index (κ3) is 2.65. The zero-order chi connectivity index (χ0) is 15.0. The van der Waals surface area contributed by atoms with Crippen LogP contribution in [0, 0.1) is 5.92 Å². The molecule has 0 spiro atoms. The van der Waals surface area contributed by atoms with Crippen molar-refractivity contribution in [3.63, 3.8) is 0 Å². The molecule has 1 aromatic carbocycles. The number of fused-ring (bicyclic) bond motifs is 1. The molecule has 0 fully saturated rings. The molecule has 1 atom stereocenters. The molecule has 0 saturated carbocycles. The van der Waals surface area contributed by atoms with Gasteiger partial charge >= 0.3 is 6.18 Å². The predicted molar refractivity (Wildman–Crippen MR) is 71.5 cm³/mol. The van der Waals surface area contributed by atoms with E-state index in [2.05, 4.69) is 4.98 Å². The molecule has 2 nitrogen and oxygen atoms in total. The molecule has 1 aliphatic rings. The molecule has 0 radical (unpaired) electrons. The van der Waals surface area contributed by atoms with Gasteiger partial charge in [-0.05, 0) is 36.0 Å². The fourth-order valence-electron chi connectivity index (χ4n) is 2.97. The van der Waals surface area contributed by atoms with Crippen LogP contribution in [0.2, 0.25) is 0 Å². The van der Waals surface area contributed by atoms with Crippen molar-refractivity contribution in [3.05, 3.63) is 65.0 Å². The third-order valence-corrected chi connectivity index (χ3v) is 4.01. The lowest BCUT2D eigenvalue weighted by Gasteiger charge is -2.21. The van der Waals surface area contributed by atoms with Gasteiger partial charge in [0.2, 0.25) is 0 Å². The summed E-state index contributed by atoms with van der Waals surface area (Å²) in [6.07, 6.45) is -2.25. The fourth-order valence-corrected chi connectivity index (χ4v) is 2.97. The second-order valence-corrected chi connectivity index (χ2v) is 5.34. The Labute approximate surface area is 120 Å². The number of aliphatic hydroxyl groups is 1. The normalized spacial score (nSPS) is 16.8. The Morgan fingerprint density at radius 2 is 1.71 bits per heavy atom. The standard InChI is InChI=1S/C16H14F3NO/c17-16(18,19)14-5-6-20-9-13(14)15(21)12-7-10-3-1-2-4-11(10)8-12/h1-6,9,12,15,21H,7-8H2. The molecular formula is C16H14F3NO. The van der Waals surface area contributed by atoms with E-state index in [0.29, 0.717) is 12.8 Å². The number of pyridine rings is 1. The smallest absolute Gasteiger partial charge is 0.388 e. The first-order chi connectivity index (χ1) is 9.97. The van der Waals surface area contributed by atoms with Crippen molar-refractivity contribution < 1.29 is 18.3 Å². The molecular weight excluding hydrogens is 279 g/mol. The van der Waals surface area contributed by atoms with Crippen molar-refractivity contribution >= 4 is 0 Å². The zero-order valence-electron chi connectivity index (χ0n) is 11.1. The second kappa shape index (κ2) is 5.15. The average molecular weight is 293 g/mol. The van der Waals surface area contributed by atoms with E-state index in [1.165, 1.54) is 0 Å². The minimum atomic E-state index is -4.48. The highest BCUT2D eigenvalue weighted by atomic mass is 19.4. The van der Waals surface area contributed by atoms with Crippen LogP contribution in [0.25, 0.3) is 0 Å². The number of hydrogen-bond donors (Lipinski definition) is 1. The molecule has 1 aromatic heterocycles. The summed E-state index contributed by atoms with van der Waals surface area (Å²) in [5.74, 6) is -0.243. The van der Waals surface area contributed by atoms with Crippen molar-refractivity contribution in [2.24, 2.45) is 5.92 Å². The molecule has 21 heavy (non-hydrogen) atoms. The Bertz CT molecular complexity index is 629. The van der Waals surface area contributed by atoms with Crippen molar-refractivity contribution in [1.82, 2.24) is 4.98 Å². The summed E-state index contributed by atoms with van der Waals surface area (Å²) in [5, 5.41) is 10.4. The summed E-state index contributed by atoms with van der Waals surface area (Å²) in [4.78, 5) is 3.74. The van der Waals surface area contributed by atoms with Crippen LogP contribution in [0.1, 0.15) is 28.4 Å². The van der Waals surface area contributed by atoms with Gasteiger partial charge in [-0.2, -0.15) is 13.2 Å². The third-order valence-electron chi connectivity index (χ3n) is 4.01. The van der Waals surface area contributed by atoms with Crippen LogP contribution in [0.5, 0.6) is 0 Å². The van der Waals surface area contributed by atoms with Gasteiger partial charge in [-0.3, -0.25) is 4.98 Å². The molecule has 0 amide bonds.